The standard InChI is InChI=1S/C8H12O4/c1-2-3-4-5-6-12-8(11)7(9)10/h5-6H,2-4H2,1H3,(H,9,10). The van der Waals surface area contributed by atoms with E-state index >= 15 is 0 Å². The third-order valence-electron chi connectivity index (χ3n) is 1.17. The smallest absolute Gasteiger partial charge is 0.422 e. The molecule has 0 saturated heterocycles. The molecule has 12 heavy (non-hydrogen) atoms. The minimum absolute atomic E-state index is 0.795. The number of carboxylic acids is 1. The van der Waals surface area contributed by atoms with E-state index in [0.717, 1.165) is 25.5 Å². The molecule has 0 aliphatic carbocycles. The Morgan fingerprint density at radius 2 is 2.17 bits per heavy atom. The zero-order valence-electron chi connectivity index (χ0n) is 6.95. The monoisotopic (exact) mass is 172 g/mol. The summed E-state index contributed by atoms with van der Waals surface area (Å²) >= 11 is 0. The first kappa shape index (κ1) is 10.7. The van der Waals surface area contributed by atoms with E-state index in [9.17, 15) is 9.59 Å². The Kier molecular flexibility index (Phi) is 5.69. The van der Waals surface area contributed by atoms with Crippen LogP contribution in [0.25, 0.3) is 0 Å². The van der Waals surface area contributed by atoms with Crippen molar-refractivity contribution in [2.45, 2.75) is 26.2 Å². The molecule has 0 aliphatic heterocycles. The van der Waals surface area contributed by atoms with Crippen molar-refractivity contribution in [2.24, 2.45) is 0 Å². The van der Waals surface area contributed by atoms with E-state index in [1.165, 1.54) is 0 Å². The van der Waals surface area contributed by atoms with Crippen LogP contribution in [0.1, 0.15) is 26.2 Å². The largest absolute Gasteiger partial charge is 0.473 e. The molecule has 0 fully saturated rings. The molecule has 68 valence electrons. The zero-order chi connectivity index (χ0) is 9.40. The van der Waals surface area contributed by atoms with E-state index in [0.29, 0.717) is 0 Å². The van der Waals surface area contributed by atoms with E-state index in [1.807, 2.05) is 6.92 Å². The highest BCUT2D eigenvalue weighted by atomic mass is 16.6. The van der Waals surface area contributed by atoms with Gasteiger partial charge in [0.25, 0.3) is 0 Å². The van der Waals surface area contributed by atoms with Crippen molar-refractivity contribution in [1.29, 1.82) is 0 Å². The van der Waals surface area contributed by atoms with Gasteiger partial charge in [-0.1, -0.05) is 13.3 Å². The topological polar surface area (TPSA) is 63.6 Å². The SMILES string of the molecule is CCCCC=COC(=O)C(=O)O. The summed E-state index contributed by atoms with van der Waals surface area (Å²) in [6, 6.07) is 0. The number of aliphatic carboxylic acids is 1. The molecular formula is C8H12O4. The molecule has 0 aliphatic rings. The number of carboxylic acid groups (broad SMARTS) is 1. The lowest BCUT2D eigenvalue weighted by molar-refractivity contribution is -0.160. The molecule has 0 atom stereocenters. The molecule has 0 bridgehead atoms. The fourth-order valence-corrected chi connectivity index (χ4v) is 0.550. The highest BCUT2D eigenvalue weighted by Gasteiger charge is 2.09. The van der Waals surface area contributed by atoms with Crippen LogP contribution in [-0.4, -0.2) is 17.0 Å². The summed E-state index contributed by atoms with van der Waals surface area (Å²) < 4.78 is 4.23. The average molecular weight is 172 g/mol. The summed E-state index contributed by atoms with van der Waals surface area (Å²) in [6.45, 7) is 2.04. The van der Waals surface area contributed by atoms with Crippen LogP contribution in [0, 0.1) is 0 Å². The molecule has 0 radical (unpaired) electrons. The fourth-order valence-electron chi connectivity index (χ4n) is 0.550. The van der Waals surface area contributed by atoms with Crippen molar-refractivity contribution in [1.82, 2.24) is 0 Å². The number of esters is 1. The van der Waals surface area contributed by atoms with Crippen LogP contribution in [0.2, 0.25) is 0 Å². The predicted molar refractivity (Wildman–Crippen MR) is 42.4 cm³/mol. The highest BCUT2D eigenvalue weighted by Crippen LogP contribution is 1.94. The Labute approximate surface area is 70.8 Å². The second-order valence-electron chi connectivity index (χ2n) is 2.22. The number of hydrogen-bond donors (Lipinski definition) is 1. The molecule has 0 aromatic carbocycles. The summed E-state index contributed by atoms with van der Waals surface area (Å²) in [5.41, 5.74) is 0. The number of rotatable bonds is 4. The van der Waals surface area contributed by atoms with Gasteiger partial charge in [-0.3, -0.25) is 0 Å². The quantitative estimate of drug-likeness (QED) is 0.300. The van der Waals surface area contributed by atoms with Gasteiger partial charge in [0, 0.05) is 0 Å². The molecule has 0 aromatic heterocycles. The van der Waals surface area contributed by atoms with Crippen LogP contribution in [0.4, 0.5) is 0 Å². The maximum absolute atomic E-state index is 10.3. The summed E-state index contributed by atoms with van der Waals surface area (Å²) in [6.07, 6.45) is 5.60. The van der Waals surface area contributed by atoms with E-state index in [1.54, 1.807) is 6.08 Å². The van der Waals surface area contributed by atoms with Crippen molar-refractivity contribution in [3.8, 4) is 0 Å². The first-order chi connectivity index (χ1) is 5.68. The van der Waals surface area contributed by atoms with Crippen LogP contribution in [-0.2, 0) is 14.3 Å². The number of carbonyl (C=O) groups is 2. The molecule has 0 saturated carbocycles. The van der Waals surface area contributed by atoms with Gasteiger partial charge in [-0.2, -0.15) is 0 Å². The highest BCUT2D eigenvalue weighted by molar-refractivity contribution is 6.28. The Bertz CT molecular complexity index is 183. The van der Waals surface area contributed by atoms with Gasteiger partial charge in [0.05, 0.1) is 6.26 Å². The first-order valence-electron chi connectivity index (χ1n) is 3.77. The van der Waals surface area contributed by atoms with Gasteiger partial charge < -0.3 is 9.84 Å². The zero-order valence-corrected chi connectivity index (χ0v) is 6.95. The van der Waals surface area contributed by atoms with Gasteiger partial charge in [-0.25, -0.2) is 9.59 Å². The maximum atomic E-state index is 10.3. The lowest BCUT2D eigenvalue weighted by atomic mass is 10.2. The van der Waals surface area contributed by atoms with Crippen LogP contribution >= 0.6 is 0 Å². The van der Waals surface area contributed by atoms with Crippen molar-refractivity contribution in [2.75, 3.05) is 0 Å². The molecule has 1 N–H and O–H groups in total. The second-order valence-corrected chi connectivity index (χ2v) is 2.22. The molecule has 0 aromatic rings. The fraction of sp³-hybridized carbons (Fsp3) is 0.500. The summed E-state index contributed by atoms with van der Waals surface area (Å²) in [4.78, 5) is 20.2. The minimum Gasteiger partial charge on any atom is -0.473 e. The van der Waals surface area contributed by atoms with E-state index in [-0.39, 0.29) is 0 Å². The first-order valence-corrected chi connectivity index (χ1v) is 3.77. The van der Waals surface area contributed by atoms with Gasteiger partial charge in [-0.15, -0.1) is 0 Å². The molecule has 0 heterocycles. The van der Waals surface area contributed by atoms with Crippen molar-refractivity contribution in [3.05, 3.63) is 12.3 Å². The van der Waals surface area contributed by atoms with Gasteiger partial charge in [0.1, 0.15) is 0 Å². The third-order valence-corrected chi connectivity index (χ3v) is 1.17. The van der Waals surface area contributed by atoms with Crippen molar-refractivity contribution >= 4 is 11.9 Å². The van der Waals surface area contributed by atoms with Gasteiger partial charge in [0.15, 0.2) is 0 Å². The molecular weight excluding hydrogens is 160 g/mol. The number of allylic oxidation sites excluding steroid dienone is 1. The maximum Gasteiger partial charge on any atom is 0.422 e. The molecule has 4 heteroatoms. The van der Waals surface area contributed by atoms with Gasteiger partial charge in [-0.05, 0) is 18.9 Å². The summed E-state index contributed by atoms with van der Waals surface area (Å²) in [7, 11) is 0. The van der Waals surface area contributed by atoms with Gasteiger partial charge >= 0.3 is 11.9 Å². The Balaban J connectivity index is 3.47. The van der Waals surface area contributed by atoms with E-state index in [2.05, 4.69) is 4.74 Å². The Hall–Kier alpha value is -1.32. The van der Waals surface area contributed by atoms with Crippen LogP contribution in [0.15, 0.2) is 12.3 Å². The molecule has 0 amide bonds. The lowest BCUT2D eigenvalue weighted by Gasteiger charge is -1.91. The summed E-state index contributed by atoms with van der Waals surface area (Å²) in [5.74, 6) is -2.82. The minimum atomic E-state index is -1.57. The van der Waals surface area contributed by atoms with Gasteiger partial charge in [0.2, 0.25) is 0 Å². The Morgan fingerprint density at radius 3 is 2.67 bits per heavy atom. The molecule has 0 spiro atoms. The van der Waals surface area contributed by atoms with E-state index < -0.39 is 11.9 Å². The lowest BCUT2D eigenvalue weighted by Crippen LogP contribution is -2.13. The van der Waals surface area contributed by atoms with Crippen molar-refractivity contribution < 1.29 is 19.4 Å². The number of ether oxygens (including phenoxy) is 1. The molecule has 4 nitrogen and oxygen atoms in total. The normalized spacial score (nSPS) is 10.1. The number of hydrogen-bond acceptors (Lipinski definition) is 3. The van der Waals surface area contributed by atoms with Crippen LogP contribution in [0.3, 0.4) is 0 Å². The second kappa shape index (κ2) is 6.39. The number of carbonyl (C=O) groups excluding carboxylic acids is 1. The Morgan fingerprint density at radius 1 is 1.50 bits per heavy atom. The van der Waals surface area contributed by atoms with Crippen LogP contribution < -0.4 is 0 Å². The average Bonchev–Trinajstić information content (AvgIpc) is 2.03. The van der Waals surface area contributed by atoms with E-state index in [4.69, 9.17) is 5.11 Å². The molecule has 0 unspecified atom stereocenters. The third kappa shape index (κ3) is 5.46. The predicted octanol–water partition coefficient (Wildman–Crippen LogP) is 1.32. The number of unbranched alkanes of at least 4 members (excludes halogenated alkanes) is 2. The van der Waals surface area contributed by atoms with Crippen LogP contribution in [0.5, 0.6) is 0 Å². The molecule has 0 rings (SSSR count). The van der Waals surface area contributed by atoms with Crippen molar-refractivity contribution in [3.63, 3.8) is 0 Å². The summed E-state index contributed by atoms with van der Waals surface area (Å²) in [5, 5.41) is 8.08.